The number of hydrogen-bond acceptors (Lipinski definition) is 3. The minimum atomic E-state index is -0.313. The molecule has 112 valence electrons. The van der Waals surface area contributed by atoms with E-state index in [4.69, 9.17) is 4.42 Å². The Kier molecular flexibility index (Phi) is 4.24. The number of furan rings is 1. The van der Waals surface area contributed by atoms with Crippen LogP contribution in [0.1, 0.15) is 30.6 Å². The number of nitrogens with zero attached hydrogens (tertiary/aromatic N) is 2. The maximum absolute atomic E-state index is 13.0. The Labute approximate surface area is 129 Å². The fraction of sp³-hybridized carbons (Fsp3) is 0.278. The van der Waals surface area contributed by atoms with Gasteiger partial charge in [0.1, 0.15) is 11.6 Å². The molecular formula is C18H17FN2O. The van der Waals surface area contributed by atoms with Gasteiger partial charge in [-0.05, 0) is 49.1 Å². The van der Waals surface area contributed by atoms with Gasteiger partial charge < -0.3 is 9.32 Å². The van der Waals surface area contributed by atoms with Crippen LogP contribution in [0, 0.1) is 17.1 Å². The van der Waals surface area contributed by atoms with Crippen molar-refractivity contribution < 1.29 is 8.81 Å². The Hall–Kier alpha value is -2.54. The summed E-state index contributed by atoms with van der Waals surface area (Å²) in [5.41, 5.74) is 1.14. The molecule has 1 aromatic carbocycles. The minimum absolute atomic E-state index is 0.313. The standard InChI is InChI=1S/C18H17FN2O/c19-16-6-4-14(5-7-16)15(13-20)12-17-8-9-18(22-17)21-10-2-1-3-11-21/h4-9,12H,1-3,10-11H2/b15-12-. The van der Waals surface area contributed by atoms with E-state index in [0.29, 0.717) is 16.9 Å². The second-order valence-electron chi connectivity index (χ2n) is 5.40. The van der Waals surface area contributed by atoms with E-state index in [1.165, 1.54) is 31.4 Å². The fourth-order valence-electron chi connectivity index (χ4n) is 2.66. The van der Waals surface area contributed by atoms with E-state index in [0.717, 1.165) is 19.0 Å². The predicted molar refractivity (Wildman–Crippen MR) is 84.7 cm³/mol. The molecule has 4 heteroatoms. The second kappa shape index (κ2) is 6.48. The van der Waals surface area contributed by atoms with Gasteiger partial charge in [0.25, 0.3) is 0 Å². The highest BCUT2D eigenvalue weighted by molar-refractivity contribution is 5.88. The van der Waals surface area contributed by atoms with Gasteiger partial charge in [-0.2, -0.15) is 5.26 Å². The molecule has 0 radical (unpaired) electrons. The van der Waals surface area contributed by atoms with Gasteiger partial charge in [-0.1, -0.05) is 12.1 Å². The molecule has 3 rings (SSSR count). The van der Waals surface area contributed by atoms with Crippen molar-refractivity contribution in [2.24, 2.45) is 0 Å². The molecule has 1 fully saturated rings. The SMILES string of the molecule is N#C/C(=C/c1ccc(N2CCCCC2)o1)c1ccc(F)cc1. The highest BCUT2D eigenvalue weighted by Gasteiger charge is 2.14. The number of halogens is 1. The van der Waals surface area contributed by atoms with Gasteiger partial charge in [0, 0.05) is 19.2 Å². The summed E-state index contributed by atoms with van der Waals surface area (Å²) in [6, 6.07) is 11.8. The first-order chi connectivity index (χ1) is 10.8. The maximum Gasteiger partial charge on any atom is 0.196 e. The van der Waals surface area contributed by atoms with E-state index in [1.807, 2.05) is 12.1 Å². The Balaban J connectivity index is 1.82. The molecule has 2 heterocycles. The molecule has 0 amide bonds. The number of piperidine rings is 1. The van der Waals surface area contributed by atoms with Crippen LogP contribution in [0.15, 0.2) is 40.8 Å². The topological polar surface area (TPSA) is 40.2 Å². The fourth-order valence-corrected chi connectivity index (χ4v) is 2.66. The first-order valence-electron chi connectivity index (χ1n) is 7.49. The lowest BCUT2D eigenvalue weighted by Gasteiger charge is -2.25. The molecule has 0 aliphatic carbocycles. The van der Waals surface area contributed by atoms with Gasteiger partial charge in [0.05, 0.1) is 11.6 Å². The minimum Gasteiger partial charge on any atom is -0.441 e. The average molecular weight is 296 g/mol. The molecule has 0 saturated carbocycles. The van der Waals surface area contributed by atoms with Crippen molar-refractivity contribution in [3.63, 3.8) is 0 Å². The quantitative estimate of drug-likeness (QED) is 0.784. The lowest BCUT2D eigenvalue weighted by Crippen LogP contribution is -2.28. The molecule has 1 aliphatic rings. The van der Waals surface area contributed by atoms with E-state index in [2.05, 4.69) is 11.0 Å². The molecule has 1 saturated heterocycles. The van der Waals surface area contributed by atoms with Crippen molar-refractivity contribution in [3.8, 4) is 6.07 Å². The summed E-state index contributed by atoms with van der Waals surface area (Å²) in [4.78, 5) is 2.23. The summed E-state index contributed by atoms with van der Waals surface area (Å²) in [5.74, 6) is 1.18. The number of hydrogen-bond donors (Lipinski definition) is 0. The summed E-state index contributed by atoms with van der Waals surface area (Å²) in [6.45, 7) is 2.03. The third kappa shape index (κ3) is 3.20. The van der Waals surface area contributed by atoms with Crippen molar-refractivity contribution in [1.82, 2.24) is 0 Å². The Morgan fingerprint density at radius 3 is 2.50 bits per heavy atom. The summed E-state index contributed by atoms with van der Waals surface area (Å²) < 4.78 is 18.8. The number of allylic oxidation sites excluding steroid dienone is 1. The second-order valence-corrected chi connectivity index (χ2v) is 5.40. The number of rotatable bonds is 3. The summed E-state index contributed by atoms with van der Waals surface area (Å²) >= 11 is 0. The van der Waals surface area contributed by atoms with Gasteiger partial charge >= 0.3 is 0 Å². The Morgan fingerprint density at radius 2 is 1.82 bits per heavy atom. The predicted octanol–water partition coefficient (Wildman–Crippen LogP) is 4.47. The molecule has 0 bridgehead atoms. The molecule has 0 unspecified atom stereocenters. The van der Waals surface area contributed by atoms with E-state index in [-0.39, 0.29) is 5.82 Å². The Bertz CT molecular complexity index is 703. The van der Waals surface area contributed by atoms with Gasteiger partial charge in [0.15, 0.2) is 5.88 Å². The van der Waals surface area contributed by atoms with Gasteiger partial charge in [-0.15, -0.1) is 0 Å². The number of anilines is 1. The molecule has 22 heavy (non-hydrogen) atoms. The molecule has 0 spiro atoms. The monoisotopic (exact) mass is 296 g/mol. The van der Waals surface area contributed by atoms with Gasteiger partial charge in [-0.3, -0.25) is 0 Å². The van der Waals surface area contributed by atoms with Crippen LogP contribution in [0.3, 0.4) is 0 Å². The highest BCUT2D eigenvalue weighted by Crippen LogP contribution is 2.25. The van der Waals surface area contributed by atoms with Crippen LogP contribution >= 0.6 is 0 Å². The van der Waals surface area contributed by atoms with Crippen molar-refractivity contribution in [3.05, 3.63) is 53.5 Å². The third-order valence-corrected chi connectivity index (χ3v) is 3.84. The largest absolute Gasteiger partial charge is 0.441 e. The zero-order valence-corrected chi connectivity index (χ0v) is 12.3. The average Bonchev–Trinajstić information content (AvgIpc) is 3.03. The van der Waals surface area contributed by atoms with E-state index in [9.17, 15) is 9.65 Å². The first kappa shape index (κ1) is 14.4. The molecule has 1 aliphatic heterocycles. The summed E-state index contributed by atoms with van der Waals surface area (Å²) in [6.07, 6.45) is 5.34. The maximum atomic E-state index is 13.0. The highest BCUT2D eigenvalue weighted by atomic mass is 19.1. The first-order valence-corrected chi connectivity index (χ1v) is 7.49. The molecule has 3 nitrogen and oxygen atoms in total. The lowest BCUT2D eigenvalue weighted by molar-refractivity contribution is 0.496. The molecule has 2 aromatic rings. The summed E-state index contributed by atoms with van der Waals surface area (Å²) in [7, 11) is 0. The van der Waals surface area contributed by atoms with E-state index in [1.54, 1.807) is 18.2 Å². The van der Waals surface area contributed by atoms with Crippen LogP contribution < -0.4 is 4.90 Å². The zero-order valence-electron chi connectivity index (χ0n) is 12.3. The smallest absolute Gasteiger partial charge is 0.196 e. The number of nitriles is 1. The van der Waals surface area contributed by atoms with Crippen molar-refractivity contribution >= 4 is 17.5 Å². The Morgan fingerprint density at radius 1 is 1.09 bits per heavy atom. The van der Waals surface area contributed by atoms with Crippen LogP contribution in [-0.2, 0) is 0 Å². The molecule has 1 aromatic heterocycles. The van der Waals surface area contributed by atoms with E-state index < -0.39 is 0 Å². The van der Waals surface area contributed by atoms with Crippen LogP contribution in [0.2, 0.25) is 0 Å². The summed E-state index contributed by atoms with van der Waals surface area (Å²) in [5, 5.41) is 9.30. The van der Waals surface area contributed by atoms with Gasteiger partial charge in [-0.25, -0.2) is 4.39 Å². The van der Waals surface area contributed by atoms with Crippen LogP contribution in [0.5, 0.6) is 0 Å². The van der Waals surface area contributed by atoms with E-state index >= 15 is 0 Å². The van der Waals surface area contributed by atoms with Crippen LogP contribution in [0.4, 0.5) is 10.3 Å². The van der Waals surface area contributed by atoms with Crippen molar-refractivity contribution in [2.75, 3.05) is 18.0 Å². The van der Waals surface area contributed by atoms with Crippen molar-refractivity contribution in [2.45, 2.75) is 19.3 Å². The van der Waals surface area contributed by atoms with Gasteiger partial charge in [0.2, 0.25) is 0 Å². The lowest BCUT2D eigenvalue weighted by atomic mass is 10.1. The van der Waals surface area contributed by atoms with Crippen LogP contribution in [0.25, 0.3) is 11.6 Å². The third-order valence-electron chi connectivity index (χ3n) is 3.84. The normalized spacial score (nSPS) is 15.6. The van der Waals surface area contributed by atoms with Crippen LogP contribution in [-0.4, -0.2) is 13.1 Å². The number of benzene rings is 1. The zero-order chi connectivity index (χ0) is 15.4. The molecule has 0 N–H and O–H groups in total. The molecular weight excluding hydrogens is 279 g/mol. The van der Waals surface area contributed by atoms with Crippen molar-refractivity contribution in [1.29, 1.82) is 5.26 Å². The molecule has 0 atom stereocenters.